The lowest BCUT2D eigenvalue weighted by Crippen LogP contribution is -2.39. The number of aromatic nitrogens is 2. The molecule has 4 rings (SSSR count). The average molecular weight is 424 g/mol. The van der Waals surface area contributed by atoms with Crippen LogP contribution in [0.4, 0.5) is 13.2 Å². The molecule has 1 unspecified atom stereocenters. The van der Waals surface area contributed by atoms with Gasteiger partial charge >= 0.3 is 6.18 Å². The maximum absolute atomic E-state index is 13.3. The van der Waals surface area contributed by atoms with Crippen LogP contribution < -0.4 is 5.56 Å². The standard InChI is InChI=1S/C21H27F3N4O2/c22-21(23,24)15-28-19(25-17-6-2-1-5-16(17)20(28)29)18-7-3-9-27(18)11-10-26-8-4-13-30-14-12-26/h1-2,5-6,18H,3-4,7-15H2. The summed E-state index contributed by atoms with van der Waals surface area (Å²) < 4.78 is 46.2. The van der Waals surface area contributed by atoms with Gasteiger partial charge in [0.05, 0.1) is 23.6 Å². The Morgan fingerprint density at radius 2 is 1.90 bits per heavy atom. The van der Waals surface area contributed by atoms with E-state index < -0.39 is 18.3 Å². The molecule has 2 aliphatic rings. The number of ether oxygens (including phenoxy) is 1. The van der Waals surface area contributed by atoms with E-state index in [-0.39, 0.29) is 17.3 Å². The number of hydrogen-bond acceptors (Lipinski definition) is 5. The van der Waals surface area contributed by atoms with Crippen molar-refractivity contribution in [1.29, 1.82) is 0 Å². The lowest BCUT2D eigenvalue weighted by molar-refractivity contribution is -0.142. The lowest BCUT2D eigenvalue weighted by Gasteiger charge is -2.29. The van der Waals surface area contributed by atoms with Crippen LogP contribution in [0.25, 0.3) is 10.9 Å². The van der Waals surface area contributed by atoms with Crippen LogP contribution in [0, 0.1) is 0 Å². The molecule has 0 bridgehead atoms. The van der Waals surface area contributed by atoms with Crippen LogP contribution in [0.2, 0.25) is 0 Å². The minimum absolute atomic E-state index is 0.222. The molecule has 2 saturated heterocycles. The monoisotopic (exact) mass is 424 g/mol. The highest BCUT2D eigenvalue weighted by Gasteiger charge is 2.35. The molecule has 0 amide bonds. The molecule has 2 aromatic rings. The molecular formula is C21H27F3N4O2. The molecule has 0 saturated carbocycles. The molecule has 3 heterocycles. The Kier molecular flexibility index (Phi) is 6.40. The number of nitrogens with zero attached hydrogens (tertiary/aromatic N) is 4. The molecule has 2 aliphatic heterocycles. The number of rotatable bonds is 5. The molecule has 9 heteroatoms. The molecule has 30 heavy (non-hydrogen) atoms. The first kappa shape index (κ1) is 21.3. The third-order valence-corrected chi connectivity index (χ3v) is 5.91. The van der Waals surface area contributed by atoms with Crippen molar-refractivity contribution < 1.29 is 17.9 Å². The van der Waals surface area contributed by atoms with Crippen LogP contribution in [0.5, 0.6) is 0 Å². The third kappa shape index (κ3) is 4.84. The number of likely N-dealkylation sites (tertiary alicyclic amines) is 1. The first-order valence-corrected chi connectivity index (χ1v) is 10.5. The van der Waals surface area contributed by atoms with Crippen LogP contribution in [-0.2, 0) is 11.3 Å². The fourth-order valence-corrected chi connectivity index (χ4v) is 4.45. The SMILES string of the molecule is O=c1c2ccccc2nc(C2CCCN2CCN2CCCOCC2)n1CC(F)(F)F. The summed E-state index contributed by atoms with van der Waals surface area (Å²) in [6.07, 6.45) is -1.92. The molecule has 0 N–H and O–H groups in total. The van der Waals surface area contributed by atoms with Gasteiger partial charge in [0.15, 0.2) is 0 Å². The van der Waals surface area contributed by atoms with Gasteiger partial charge in [-0.1, -0.05) is 12.1 Å². The van der Waals surface area contributed by atoms with Gasteiger partial charge in [-0.2, -0.15) is 13.2 Å². The van der Waals surface area contributed by atoms with Crippen molar-refractivity contribution in [2.75, 3.05) is 45.9 Å². The zero-order chi connectivity index (χ0) is 21.1. The van der Waals surface area contributed by atoms with E-state index >= 15 is 0 Å². The molecule has 1 atom stereocenters. The van der Waals surface area contributed by atoms with Crippen LogP contribution in [0.1, 0.15) is 31.1 Å². The van der Waals surface area contributed by atoms with Crippen molar-refractivity contribution in [2.24, 2.45) is 0 Å². The summed E-state index contributed by atoms with van der Waals surface area (Å²) in [7, 11) is 0. The summed E-state index contributed by atoms with van der Waals surface area (Å²) in [5.41, 5.74) is -0.170. The third-order valence-electron chi connectivity index (χ3n) is 5.91. The summed E-state index contributed by atoms with van der Waals surface area (Å²) in [6, 6.07) is 6.34. The number of alkyl halides is 3. The smallest absolute Gasteiger partial charge is 0.380 e. The lowest BCUT2D eigenvalue weighted by atomic mass is 10.1. The summed E-state index contributed by atoms with van der Waals surface area (Å²) in [6.45, 7) is 4.36. The molecule has 0 aliphatic carbocycles. The highest BCUT2D eigenvalue weighted by atomic mass is 19.4. The maximum Gasteiger partial charge on any atom is 0.406 e. The van der Waals surface area contributed by atoms with E-state index in [1.807, 2.05) is 0 Å². The largest absolute Gasteiger partial charge is 0.406 e. The minimum atomic E-state index is -4.49. The van der Waals surface area contributed by atoms with E-state index in [0.29, 0.717) is 18.5 Å². The van der Waals surface area contributed by atoms with Crippen LogP contribution in [0.3, 0.4) is 0 Å². The number of halogens is 3. The highest BCUT2D eigenvalue weighted by Crippen LogP contribution is 2.32. The number of para-hydroxylation sites is 1. The van der Waals surface area contributed by atoms with Gasteiger partial charge in [0.2, 0.25) is 0 Å². The normalized spacial score (nSPS) is 21.9. The van der Waals surface area contributed by atoms with Crippen molar-refractivity contribution in [3.8, 4) is 0 Å². The Bertz CT molecular complexity index is 923. The molecule has 0 radical (unpaired) electrons. The van der Waals surface area contributed by atoms with Crippen molar-refractivity contribution in [3.63, 3.8) is 0 Å². The second-order valence-electron chi connectivity index (χ2n) is 8.00. The van der Waals surface area contributed by atoms with Gasteiger partial charge < -0.3 is 4.74 Å². The number of benzene rings is 1. The molecular weight excluding hydrogens is 397 g/mol. The van der Waals surface area contributed by atoms with Crippen LogP contribution >= 0.6 is 0 Å². The quantitative estimate of drug-likeness (QED) is 0.739. The molecule has 6 nitrogen and oxygen atoms in total. The van der Waals surface area contributed by atoms with Gasteiger partial charge in [-0.3, -0.25) is 19.2 Å². The average Bonchev–Trinajstić information content (AvgIpc) is 3.01. The number of fused-ring (bicyclic) bond motifs is 1. The fraction of sp³-hybridized carbons (Fsp3) is 0.619. The van der Waals surface area contributed by atoms with Crippen molar-refractivity contribution >= 4 is 10.9 Å². The minimum Gasteiger partial charge on any atom is -0.380 e. The Morgan fingerprint density at radius 3 is 2.73 bits per heavy atom. The predicted molar refractivity (Wildman–Crippen MR) is 107 cm³/mol. The van der Waals surface area contributed by atoms with Gasteiger partial charge in [0.1, 0.15) is 12.4 Å². The summed E-state index contributed by atoms with van der Waals surface area (Å²) in [5, 5.41) is 0.222. The molecule has 1 aromatic heterocycles. The van der Waals surface area contributed by atoms with Crippen LogP contribution in [-0.4, -0.2) is 71.5 Å². The molecule has 164 valence electrons. The maximum atomic E-state index is 13.3. The molecule has 0 spiro atoms. The van der Waals surface area contributed by atoms with Crippen molar-refractivity contribution in [1.82, 2.24) is 19.4 Å². The second kappa shape index (κ2) is 9.03. The van der Waals surface area contributed by atoms with E-state index in [1.54, 1.807) is 18.2 Å². The Labute approximate surface area is 173 Å². The van der Waals surface area contributed by atoms with E-state index in [0.717, 1.165) is 56.7 Å². The summed E-state index contributed by atoms with van der Waals surface area (Å²) in [5.74, 6) is 0.229. The zero-order valence-electron chi connectivity index (χ0n) is 16.9. The van der Waals surface area contributed by atoms with Crippen molar-refractivity contribution in [2.45, 2.75) is 38.0 Å². The zero-order valence-corrected chi connectivity index (χ0v) is 16.9. The number of hydrogen-bond donors (Lipinski definition) is 0. The van der Waals surface area contributed by atoms with E-state index in [2.05, 4.69) is 14.8 Å². The Hall–Kier alpha value is -1.97. The predicted octanol–water partition coefficient (Wildman–Crippen LogP) is 2.82. The Morgan fingerprint density at radius 1 is 1.07 bits per heavy atom. The molecule has 2 fully saturated rings. The first-order valence-electron chi connectivity index (χ1n) is 10.5. The second-order valence-corrected chi connectivity index (χ2v) is 8.00. The Balaban J connectivity index is 1.62. The van der Waals surface area contributed by atoms with Gasteiger partial charge in [0, 0.05) is 32.8 Å². The first-order chi connectivity index (χ1) is 14.4. The fourth-order valence-electron chi connectivity index (χ4n) is 4.45. The van der Waals surface area contributed by atoms with Crippen LogP contribution in [0.15, 0.2) is 29.1 Å². The van der Waals surface area contributed by atoms with E-state index in [1.165, 1.54) is 6.07 Å². The molecule has 1 aromatic carbocycles. The van der Waals surface area contributed by atoms with Gasteiger partial charge in [-0.05, 0) is 37.9 Å². The highest BCUT2D eigenvalue weighted by molar-refractivity contribution is 5.77. The summed E-state index contributed by atoms with van der Waals surface area (Å²) >= 11 is 0. The van der Waals surface area contributed by atoms with E-state index in [9.17, 15) is 18.0 Å². The van der Waals surface area contributed by atoms with Gasteiger partial charge in [-0.15, -0.1) is 0 Å². The topological polar surface area (TPSA) is 50.6 Å². The van der Waals surface area contributed by atoms with Gasteiger partial charge in [-0.25, -0.2) is 4.98 Å². The van der Waals surface area contributed by atoms with E-state index in [4.69, 9.17) is 4.74 Å². The summed E-state index contributed by atoms with van der Waals surface area (Å²) in [4.78, 5) is 22.0. The van der Waals surface area contributed by atoms with Crippen molar-refractivity contribution in [3.05, 3.63) is 40.4 Å². The van der Waals surface area contributed by atoms with Gasteiger partial charge in [0.25, 0.3) is 5.56 Å².